The largest absolute Gasteiger partial charge is 0.756 e. The topological polar surface area (TPSA) is 242 Å². The molecule has 1 aromatic heterocycles. The van der Waals surface area contributed by atoms with Crippen LogP contribution in [-0.2, 0) is 79.2 Å². The van der Waals surface area contributed by atoms with Crippen molar-refractivity contribution in [1.82, 2.24) is 25.0 Å². The van der Waals surface area contributed by atoms with Crippen LogP contribution in [-0.4, -0.2) is 155 Å². The standard InChI is InChI=1S/C64H114N5O15P/c1-6-8-10-12-14-16-18-20-22-24-26-28-30-32-34-39-60(71)81-53-57(84-61(72)40-35-33-31-29-27-25-23-21-19-17-15-13-11-9-7-2)54-83-85(76,77)82-48-43-65-59(70)42-41-58(64(75)80-5)69-46-44-67(51-62(73)78-3)49-55-37-36-38-56(66-55)50-68(45-47-69)52-63(74)79-4/h36-38,57-58H,6-35,39-54H2,1-5H3,(H,65,70)(H,76,77)/p-1/t57-,58?/m1/s1. The van der Waals surface area contributed by atoms with Gasteiger partial charge in [0.2, 0.25) is 5.91 Å². The van der Waals surface area contributed by atoms with Crippen molar-refractivity contribution < 1.29 is 71.0 Å². The average molecular weight is 1220 g/mol. The van der Waals surface area contributed by atoms with Crippen molar-refractivity contribution in [2.45, 2.75) is 257 Å². The summed E-state index contributed by atoms with van der Waals surface area (Å²) in [4.78, 5) is 101. The van der Waals surface area contributed by atoms with E-state index in [1.165, 1.54) is 163 Å². The SMILES string of the molecule is CCCCCCCCCCCCCCCCCC(=O)OC[C@H](COP(=O)([O-])OCCNC(=O)CCC(C(=O)OC)N1CCN(CC(=O)OC)Cc2cccc(n2)CN(CC(=O)OC)CC1)OC(=O)CCCCCCCCCCCCCCCCC. The van der Waals surface area contributed by atoms with E-state index in [1.54, 1.807) is 0 Å². The third-order valence-electron chi connectivity index (χ3n) is 15.6. The van der Waals surface area contributed by atoms with Crippen molar-refractivity contribution in [3.05, 3.63) is 29.6 Å². The molecule has 2 rings (SSSR count). The van der Waals surface area contributed by atoms with Crippen LogP contribution < -0.4 is 10.2 Å². The first-order chi connectivity index (χ1) is 41.2. The Labute approximate surface area is 511 Å². The van der Waals surface area contributed by atoms with E-state index in [2.05, 4.69) is 19.2 Å². The van der Waals surface area contributed by atoms with Crippen LogP contribution in [0.4, 0.5) is 0 Å². The van der Waals surface area contributed by atoms with Gasteiger partial charge in [-0.05, 0) is 31.4 Å². The van der Waals surface area contributed by atoms with Crippen LogP contribution in [0.3, 0.4) is 0 Å². The highest BCUT2D eigenvalue weighted by atomic mass is 31.2. The van der Waals surface area contributed by atoms with Crippen LogP contribution >= 0.6 is 7.82 Å². The normalized spacial score (nSPS) is 14.9. The zero-order chi connectivity index (χ0) is 62.0. The molecule has 1 aromatic rings. The Morgan fingerprint density at radius 1 is 0.541 bits per heavy atom. The first kappa shape index (κ1) is 77.1. The minimum Gasteiger partial charge on any atom is -0.756 e. The summed E-state index contributed by atoms with van der Waals surface area (Å²) in [6.45, 7) is 4.40. The predicted molar refractivity (Wildman–Crippen MR) is 328 cm³/mol. The molecule has 1 aliphatic heterocycles. The molecule has 2 unspecified atom stereocenters. The van der Waals surface area contributed by atoms with E-state index >= 15 is 0 Å². The molecular weight excluding hydrogens is 1110 g/mol. The molecule has 3 atom stereocenters. The number of rotatable bonds is 51. The fourth-order valence-corrected chi connectivity index (χ4v) is 11.2. The number of hydrogen-bond donors (Lipinski definition) is 1. The van der Waals surface area contributed by atoms with E-state index in [-0.39, 0.29) is 65.0 Å². The zero-order valence-electron chi connectivity index (χ0n) is 53.3. The maximum Gasteiger partial charge on any atom is 0.323 e. The van der Waals surface area contributed by atoms with Crippen LogP contribution in [0.1, 0.15) is 244 Å². The highest BCUT2D eigenvalue weighted by Gasteiger charge is 2.30. The quantitative estimate of drug-likeness (QED) is 0.0276. The fraction of sp³-hybridized carbons (Fsp3) is 0.828. The number of carbonyl (C=O) groups excluding carboxylic acids is 6. The molecule has 21 heteroatoms. The molecule has 85 heavy (non-hydrogen) atoms. The van der Waals surface area contributed by atoms with E-state index in [0.717, 1.165) is 38.5 Å². The second-order valence-electron chi connectivity index (χ2n) is 22.9. The molecule has 0 radical (unpaired) electrons. The van der Waals surface area contributed by atoms with Gasteiger partial charge in [-0.2, -0.15) is 0 Å². The molecule has 0 aliphatic carbocycles. The Morgan fingerprint density at radius 3 is 1.39 bits per heavy atom. The number of amides is 1. The molecule has 1 aliphatic rings. The smallest absolute Gasteiger partial charge is 0.323 e. The van der Waals surface area contributed by atoms with Crippen molar-refractivity contribution in [3.63, 3.8) is 0 Å². The fourth-order valence-electron chi connectivity index (χ4n) is 10.5. The molecule has 1 amide bonds. The molecule has 2 heterocycles. The molecule has 2 bridgehead atoms. The summed E-state index contributed by atoms with van der Waals surface area (Å²) >= 11 is 0. The number of carbonyl (C=O) groups is 6. The number of fused-ring (bicyclic) bond motifs is 2. The second-order valence-corrected chi connectivity index (χ2v) is 24.3. The van der Waals surface area contributed by atoms with Crippen molar-refractivity contribution in [1.29, 1.82) is 0 Å². The number of nitrogens with one attached hydrogen (secondary N) is 1. The molecule has 1 N–H and O–H groups in total. The van der Waals surface area contributed by atoms with Crippen LogP contribution in [0.2, 0.25) is 0 Å². The van der Waals surface area contributed by atoms with Gasteiger partial charge in [0.25, 0.3) is 7.82 Å². The lowest BCUT2D eigenvalue weighted by molar-refractivity contribution is -0.228. The molecule has 0 fully saturated rings. The summed E-state index contributed by atoms with van der Waals surface area (Å²) in [6, 6.07) is 4.63. The maximum atomic E-state index is 13.4. The average Bonchev–Trinajstić information content (AvgIpc) is 3.69. The second kappa shape index (κ2) is 50.9. The van der Waals surface area contributed by atoms with Gasteiger partial charge in [0.15, 0.2) is 6.10 Å². The number of hydrogen-bond acceptors (Lipinski definition) is 19. The Balaban J connectivity index is 1.91. The van der Waals surface area contributed by atoms with Gasteiger partial charge >= 0.3 is 29.8 Å². The van der Waals surface area contributed by atoms with Gasteiger partial charge in [-0.1, -0.05) is 200 Å². The molecule has 0 aromatic carbocycles. The van der Waals surface area contributed by atoms with Gasteiger partial charge in [-0.25, -0.2) is 0 Å². The van der Waals surface area contributed by atoms with Gasteiger partial charge in [-0.15, -0.1) is 0 Å². The summed E-state index contributed by atoms with van der Waals surface area (Å²) in [7, 11) is -1.14. The van der Waals surface area contributed by atoms with Gasteiger partial charge < -0.3 is 42.9 Å². The Bertz CT molecular complexity index is 1940. The molecule has 20 nitrogen and oxygen atoms in total. The number of phosphoric acid groups is 1. The van der Waals surface area contributed by atoms with Crippen molar-refractivity contribution in [3.8, 4) is 0 Å². The molecule has 0 saturated heterocycles. The van der Waals surface area contributed by atoms with E-state index < -0.39 is 68.9 Å². The Kier molecular flexibility index (Phi) is 46.1. The number of aromatic nitrogens is 1. The lowest BCUT2D eigenvalue weighted by Crippen LogP contribution is -2.49. The third-order valence-corrected chi connectivity index (χ3v) is 16.5. The summed E-state index contributed by atoms with van der Waals surface area (Å²) in [6.07, 6.45) is 34.8. The Morgan fingerprint density at radius 2 is 0.965 bits per heavy atom. The van der Waals surface area contributed by atoms with Crippen LogP contribution in [0, 0.1) is 0 Å². The van der Waals surface area contributed by atoms with Crippen molar-refractivity contribution in [2.75, 3.05) is 87.0 Å². The third kappa shape index (κ3) is 41.7. The monoisotopic (exact) mass is 1220 g/mol. The summed E-state index contributed by atoms with van der Waals surface area (Å²) in [5.41, 5.74) is 1.39. The van der Waals surface area contributed by atoms with Gasteiger partial charge in [0.05, 0.1) is 59.0 Å². The molecule has 0 saturated carbocycles. The lowest BCUT2D eigenvalue weighted by atomic mass is 10.0. The molecule has 0 spiro atoms. The van der Waals surface area contributed by atoms with E-state index in [0.29, 0.717) is 50.4 Å². The minimum atomic E-state index is -5.00. The number of nitrogens with zero attached hydrogens (tertiary/aromatic N) is 4. The number of ether oxygens (including phenoxy) is 5. The van der Waals surface area contributed by atoms with Crippen LogP contribution in [0.25, 0.3) is 0 Å². The summed E-state index contributed by atoms with van der Waals surface area (Å²) < 4.78 is 49.4. The number of unbranched alkanes of at least 4 members (excludes halogenated alkanes) is 28. The number of methoxy groups -OCH3 is 3. The summed E-state index contributed by atoms with van der Waals surface area (Å²) in [5.74, 6) is -3.00. The summed E-state index contributed by atoms with van der Waals surface area (Å²) in [5, 5.41) is 2.62. The molecule has 490 valence electrons. The lowest BCUT2D eigenvalue weighted by Gasteiger charge is -2.34. The minimum absolute atomic E-state index is 0.0146. The van der Waals surface area contributed by atoms with E-state index in [4.69, 9.17) is 37.7 Å². The van der Waals surface area contributed by atoms with E-state index in [9.17, 15) is 38.2 Å². The van der Waals surface area contributed by atoms with Gasteiger partial charge in [0, 0.05) is 65.1 Å². The van der Waals surface area contributed by atoms with E-state index in [1.807, 2.05) is 32.9 Å². The molecular formula is C64H113N5O15P-. The number of phosphoric ester groups is 1. The predicted octanol–water partition coefficient (Wildman–Crippen LogP) is 11.3. The van der Waals surface area contributed by atoms with Crippen LogP contribution in [0.5, 0.6) is 0 Å². The highest BCUT2D eigenvalue weighted by molar-refractivity contribution is 7.45. The first-order valence-electron chi connectivity index (χ1n) is 32.8. The maximum absolute atomic E-state index is 13.4. The van der Waals surface area contributed by atoms with Crippen molar-refractivity contribution >= 4 is 43.6 Å². The highest BCUT2D eigenvalue weighted by Crippen LogP contribution is 2.38. The first-order valence-corrected chi connectivity index (χ1v) is 34.2. The Hall–Kier alpha value is -4.04. The van der Waals surface area contributed by atoms with Gasteiger partial charge in [-0.3, -0.25) is 53.0 Å². The number of esters is 5. The van der Waals surface area contributed by atoms with Gasteiger partial charge in [0.1, 0.15) is 12.6 Å². The van der Waals surface area contributed by atoms with Crippen LogP contribution in [0.15, 0.2) is 18.2 Å². The van der Waals surface area contributed by atoms with Crippen molar-refractivity contribution in [2.24, 2.45) is 0 Å². The number of pyridine rings is 1. The zero-order valence-corrected chi connectivity index (χ0v) is 54.2.